The fourth-order valence-electron chi connectivity index (χ4n) is 3.54. The van der Waals surface area contributed by atoms with Gasteiger partial charge in [0.1, 0.15) is 18.2 Å². The van der Waals surface area contributed by atoms with Crippen molar-refractivity contribution in [2.75, 3.05) is 6.61 Å². The van der Waals surface area contributed by atoms with E-state index in [4.69, 9.17) is 20.4 Å². The third kappa shape index (κ3) is 6.44. The molecule has 3 aromatic carbocycles. The maximum atomic E-state index is 11.1. The highest BCUT2D eigenvalue weighted by molar-refractivity contribution is 7.46. The van der Waals surface area contributed by atoms with Crippen molar-refractivity contribution in [1.82, 2.24) is 9.97 Å². The standard InChI is InChI=1S/C25H26N5O5P/c1-25(29-30-26,17-35-36(31,32)33)24-27-15-23(28-24)21-11-13-22(14-12-21)34-16-18-7-9-20(10-8-18)19-5-3-2-4-6-19/h2-15H,16-17H2,1H3,(H2,26,29)(H,27,28)(H2,31,32,33)/t25-/m0/s1. The van der Waals surface area contributed by atoms with Gasteiger partial charge in [-0.3, -0.25) is 4.52 Å². The average Bonchev–Trinajstić information content (AvgIpc) is 3.39. The molecule has 10 nitrogen and oxygen atoms in total. The van der Waals surface area contributed by atoms with Crippen LogP contribution in [0.3, 0.4) is 0 Å². The van der Waals surface area contributed by atoms with Crippen LogP contribution in [0, 0.1) is 0 Å². The second-order valence-electron chi connectivity index (χ2n) is 8.27. The highest BCUT2D eigenvalue weighted by Gasteiger charge is 2.34. The highest BCUT2D eigenvalue weighted by Crippen LogP contribution is 2.39. The van der Waals surface area contributed by atoms with E-state index in [-0.39, 0.29) is 0 Å². The zero-order chi connectivity index (χ0) is 25.6. The summed E-state index contributed by atoms with van der Waals surface area (Å²) >= 11 is 0. The van der Waals surface area contributed by atoms with Crippen LogP contribution < -0.4 is 10.6 Å². The van der Waals surface area contributed by atoms with E-state index in [0.717, 1.165) is 16.7 Å². The number of rotatable bonds is 10. The van der Waals surface area contributed by atoms with Gasteiger partial charge in [-0.1, -0.05) is 59.8 Å². The van der Waals surface area contributed by atoms with E-state index in [1.807, 2.05) is 42.5 Å². The van der Waals surface area contributed by atoms with Gasteiger partial charge in [0.2, 0.25) is 0 Å². The topological polar surface area (TPSA) is 155 Å². The number of H-pyrrole nitrogens is 1. The number of aromatic nitrogens is 2. The molecule has 36 heavy (non-hydrogen) atoms. The summed E-state index contributed by atoms with van der Waals surface area (Å²) in [5.74, 6) is 6.19. The molecule has 1 aromatic heterocycles. The van der Waals surface area contributed by atoms with Gasteiger partial charge in [-0.25, -0.2) is 9.55 Å². The predicted molar refractivity (Wildman–Crippen MR) is 135 cm³/mol. The van der Waals surface area contributed by atoms with Gasteiger partial charge in [0.15, 0.2) is 5.54 Å². The van der Waals surface area contributed by atoms with Crippen LogP contribution in [0.2, 0.25) is 0 Å². The Balaban J connectivity index is 1.40. The molecule has 1 heterocycles. The van der Waals surface area contributed by atoms with Crippen molar-refractivity contribution in [1.29, 1.82) is 0 Å². The molecule has 0 aliphatic heterocycles. The molecule has 0 aliphatic rings. The van der Waals surface area contributed by atoms with Gasteiger partial charge in [0.05, 0.1) is 18.5 Å². The molecule has 1 atom stereocenters. The Bertz CT molecular complexity index is 1350. The van der Waals surface area contributed by atoms with Crippen molar-refractivity contribution in [3.8, 4) is 28.1 Å². The van der Waals surface area contributed by atoms with Gasteiger partial charge in [-0.05, 0) is 53.4 Å². The van der Waals surface area contributed by atoms with E-state index < -0.39 is 20.0 Å². The Morgan fingerprint density at radius 1 is 0.972 bits per heavy atom. The number of imidazole rings is 1. The summed E-state index contributed by atoms with van der Waals surface area (Å²) in [7, 11) is -4.71. The minimum absolute atomic E-state index is 0.291. The number of ether oxygens (including phenoxy) is 1. The molecule has 186 valence electrons. The average molecular weight is 507 g/mol. The number of nitrogens with two attached hydrogens (primary N) is 1. The van der Waals surface area contributed by atoms with Crippen LogP contribution in [-0.2, 0) is 21.2 Å². The number of phosphoric acid groups is 1. The van der Waals surface area contributed by atoms with Crippen molar-refractivity contribution in [3.63, 3.8) is 0 Å². The first-order valence-corrected chi connectivity index (χ1v) is 12.5. The maximum Gasteiger partial charge on any atom is 0.469 e. The van der Waals surface area contributed by atoms with E-state index in [0.29, 0.717) is 23.9 Å². The van der Waals surface area contributed by atoms with Crippen LogP contribution in [0.4, 0.5) is 0 Å². The number of aromatic amines is 1. The Morgan fingerprint density at radius 2 is 1.61 bits per heavy atom. The van der Waals surface area contributed by atoms with Gasteiger partial charge in [0.25, 0.3) is 0 Å². The van der Waals surface area contributed by atoms with Crippen LogP contribution in [0.5, 0.6) is 5.75 Å². The SMILES string of the molecule is C[C@@](COP(=O)(O)O)(N=NN)c1ncc(-c2ccc(OCc3ccc(-c4ccccc4)cc3)cc2)[nH]1. The summed E-state index contributed by atoms with van der Waals surface area (Å²) in [4.78, 5) is 25.4. The quantitative estimate of drug-likeness (QED) is 0.102. The number of benzene rings is 3. The van der Waals surface area contributed by atoms with Crippen LogP contribution in [0.25, 0.3) is 22.4 Å². The van der Waals surface area contributed by atoms with E-state index >= 15 is 0 Å². The van der Waals surface area contributed by atoms with Crippen LogP contribution >= 0.6 is 7.82 Å². The molecule has 0 amide bonds. The molecule has 4 aromatic rings. The molecule has 0 aliphatic carbocycles. The van der Waals surface area contributed by atoms with E-state index in [1.54, 1.807) is 13.1 Å². The van der Waals surface area contributed by atoms with Crippen LogP contribution in [0.15, 0.2) is 95.4 Å². The summed E-state index contributed by atoms with van der Waals surface area (Å²) in [6, 6.07) is 25.9. The lowest BCUT2D eigenvalue weighted by Gasteiger charge is -2.21. The van der Waals surface area contributed by atoms with E-state index in [2.05, 4.69) is 61.2 Å². The second kappa shape index (κ2) is 10.8. The fraction of sp³-hybridized carbons (Fsp3) is 0.160. The molecule has 5 N–H and O–H groups in total. The van der Waals surface area contributed by atoms with Crippen molar-refractivity contribution >= 4 is 7.82 Å². The molecule has 0 spiro atoms. The summed E-state index contributed by atoms with van der Waals surface area (Å²) in [6.07, 6.45) is 1.58. The number of nitrogens with one attached hydrogen (secondary N) is 1. The Kier molecular flexibility index (Phi) is 7.61. The number of nitrogens with zero attached hydrogens (tertiary/aromatic N) is 3. The van der Waals surface area contributed by atoms with Crippen molar-refractivity contribution in [2.45, 2.75) is 19.1 Å². The molecular weight excluding hydrogens is 481 g/mol. The minimum Gasteiger partial charge on any atom is -0.489 e. The first-order valence-electron chi connectivity index (χ1n) is 11.0. The Morgan fingerprint density at radius 3 is 2.25 bits per heavy atom. The van der Waals surface area contributed by atoms with E-state index in [9.17, 15) is 4.57 Å². The van der Waals surface area contributed by atoms with Crippen molar-refractivity contribution in [2.24, 2.45) is 16.2 Å². The van der Waals surface area contributed by atoms with Crippen LogP contribution in [-0.4, -0.2) is 26.4 Å². The fourth-order valence-corrected chi connectivity index (χ4v) is 3.96. The molecule has 0 bridgehead atoms. The zero-order valence-electron chi connectivity index (χ0n) is 19.5. The van der Waals surface area contributed by atoms with Crippen molar-refractivity contribution in [3.05, 3.63) is 96.4 Å². The Hall–Kier alpha value is -3.82. The molecule has 0 unspecified atom stereocenters. The Labute approximate surface area is 208 Å². The van der Waals surface area contributed by atoms with Crippen LogP contribution in [0.1, 0.15) is 18.3 Å². The lowest BCUT2D eigenvalue weighted by Crippen LogP contribution is -2.27. The number of hydrogen-bond acceptors (Lipinski definition) is 6. The van der Waals surface area contributed by atoms with E-state index in [1.165, 1.54) is 5.56 Å². The van der Waals surface area contributed by atoms with Gasteiger partial charge in [0, 0.05) is 0 Å². The monoisotopic (exact) mass is 507 g/mol. The lowest BCUT2D eigenvalue weighted by atomic mass is 10.0. The first kappa shape index (κ1) is 25.3. The molecule has 0 fully saturated rings. The normalized spacial score (nSPS) is 13.5. The maximum absolute atomic E-state index is 11.1. The summed E-state index contributed by atoms with van der Waals surface area (Å²) in [6.45, 7) is 1.51. The lowest BCUT2D eigenvalue weighted by molar-refractivity contribution is 0.153. The molecule has 0 saturated carbocycles. The highest BCUT2D eigenvalue weighted by atomic mass is 31.2. The minimum atomic E-state index is -4.71. The van der Waals surface area contributed by atoms with Gasteiger partial charge in [-0.15, -0.1) is 0 Å². The third-order valence-electron chi connectivity index (χ3n) is 5.51. The van der Waals surface area contributed by atoms with Gasteiger partial charge in [-0.2, -0.15) is 5.11 Å². The summed E-state index contributed by atoms with van der Waals surface area (Å²) in [5, 5.41) is 7.11. The molecule has 0 saturated heterocycles. The molecule has 0 radical (unpaired) electrons. The largest absolute Gasteiger partial charge is 0.489 e. The second-order valence-corrected chi connectivity index (χ2v) is 9.51. The first-order chi connectivity index (χ1) is 17.3. The zero-order valence-corrected chi connectivity index (χ0v) is 20.4. The van der Waals surface area contributed by atoms with Crippen molar-refractivity contribution < 1.29 is 23.6 Å². The number of hydrogen-bond donors (Lipinski definition) is 4. The smallest absolute Gasteiger partial charge is 0.469 e. The van der Waals surface area contributed by atoms with Gasteiger partial charge >= 0.3 is 7.82 Å². The third-order valence-corrected chi connectivity index (χ3v) is 5.98. The molecule has 11 heteroatoms. The van der Waals surface area contributed by atoms with Gasteiger partial charge < -0.3 is 25.4 Å². The summed E-state index contributed by atoms with van der Waals surface area (Å²) in [5.41, 5.74) is 3.57. The number of phosphoric ester groups is 1. The predicted octanol–water partition coefficient (Wildman–Crippen LogP) is 4.97. The summed E-state index contributed by atoms with van der Waals surface area (Å²) < 4.78 is 21.6. The molecular formula is C25H26N5O5P. The molecule has 4 rings (SSSR count).